The van der Waals surface area contributed by atoms with Gasteiger partial charge in [-0.25, -0.2) is 4.79 Å². The number of aliphatic carboxylic acids is 1. The lowest BCUT2D eigenvalue weighted by Gasteiger charge is -2.38. The molecule has 2 heterocycles. The molecular weight excluding hydrogens is 264 g/mol. The second-order valence-electron chi connectivity index (χ2n) is 5.27. The van der Waals surface area contributed by atoms with Crippen molar-refractivity contribution in [1.29, 1.82) is 0 Å². The van der Waals surface area contributed by atoms with Gasteiger partial charge in [0.1, 0.15) is 0 Å². The largest absolute Gasteiger partial charge is 0.481 e. The summed E-state index contributed by atoms with van der Waals surface area (Å²) in [4.78, 5) is 26.6. The van der Waals surface area contributed by atoms with Crippen LogP contribution in [0.15, 0.2) is 0 Å². The number of rotatable bonds is 3. The number of amides is 2. The molecule has 2 aliphatic rings. The highest BCUT2D eigenvalue weighted by Crippen LogP contribution is 2.17. The van der Waals surface area contributed by atoms with Gasteiger partial charge in [-0.05, 0) is 12.8 Å². The summed E-state index contributed by atoms with van der Waals surface area (Å²) in [5, 5.41) is 8.80. The number of carboxylic acid groups (broad SMARTS) is 1. The molecule has 114 valence electrons. The molecule has 0 radical (unpaired) electrons. The van der Waals surface area contributed by atoms with Crippen LogP contribution < -0.4 is 0 Å². The van der Waals surface area contributed by atoms with Crippen molar-refractivity contribution in [3.8, 4) is 0 Å². The van der Waals surface area contributed by atoms with Crippen molar-refractivity contribution in [2.75, 3.05) is 40.0 Å². The molecule has 0 spiro atoms. The highest BCUT2D eigenvalue weighted by Gasteiger charge is 2.30. The van der Waals surface area contributed by atoms with Crippen molar-refractivity contribution in [2.45, 2.75) is 31.4 Å². The smallest absolute Gasteiger partial charge is 0.320 e. The molecule has 7 heteroatoms. The van der Waals surface area contributed by atoms with E-state index < -0.39 is 12.1 Å². The van der Waals surface area contributed by atoms with Crippen LogP contribution in [0.4, 0.5) is 4.79 Å². The second-order valence-corrected chi connectivity index (χ2v) is 5.27. The topological polar surface area (TPSA) is 79.3 Å². The third-order valence-corrected chi connectivity index (χ3v) is 3.85. The van der Waals surface area contributed by atoms with E-state index in [1.807, 2.05) is 0 Å². The van der Waals surface area contributed by atoms with E-state index in [1.165, 1.54) is 0 Å². The lowest BCUT2D eigenvalue weighted by molar-refractivity contribution is -0.141. The Balaban J connectivity index is 1.88. The van der Waals surface area contributed by atoms with Gasteiger partial charge in [0.2, 0.25) is 0 Å². The summed E-state index contributed by atoms with van der Waals surface area (Å²) in [5.74, 6) is -0.901. The maximum Gasteiger partial charge on any atom is 0.320 e. The molecule has 2 amide bonds. The van der Waals surface area contributed by atoms with Gasteiger partial charge in [-0.15, -0.1) is 0 Å². The molecule has 0 bridgehead atoms. The predicted molar refractivity (Wildman–Crippen MR) is 70.6 cm³/mol. The first-order valence-corrected chi connectivity index (χ1v) is 7.01. The highest BCUT2D eigenvalue weighted by molar-refractivity contribution is 5.75. The van der Waals surface area contributed by atoms with Gasteiger partial charge in [-0.1, -0.05) is 0 Å². The Bertz CT molecular complexity index is 357. The van der Waals surface area contributed by atoms with E-state index in [2.05, 4.69) is 0 Å². The van der Waals surface area contributed by atoms with Crippen molar-refractivity contribution in [3.05, 3.63) is 0 Å². The molecule has 2 fully saturated rings. The zero-order valence-corrected chi connectivity index (χ0v) is 11.8. The number of morpholine rings is 1. The third-order valence-electron chi connectivity index (χ3n) is 3.85. The Morgan fingerprint density at radius 3 is 2.65 bits per heavy atom. The fourth-order valence-electron chi connectivity index (χ4n) is 2.66. The van der Waals surface area contributed by atoms with Crippen molar-refractivity contribution >= 4 is 12.0 Å². The Labute approximate surface area is 118 Å². The van der Waals surface area contributed by atoms with Crippen LogP contribution in [0.1, 0.15) is 19.3 Å². The Hall–Kier alpha value is -1.34. The summed E-state index contributed by atoms with van der Waals surface area (Å²) >= 11 is 0. The van der Waals surface area contributed by atoms with Gasteiger partial charge in [-0.3, -0.25) is 4.79 Å². The summed E-state index contributed by atoms with van der Waals surface area (Å²) in [6.45, 7) is 2.63. The molecule has 20 heavy (non-hydrogen) atoms. The van der Waals surface area contributed by atoms with Crippen LogP contribution in [-0.4, -0.2) is 79.0 Å². The fraction of sp³-hybridized carbons (Fsp3) is 0.846. The summed E-state index contributed by atoms with van der Waals surface area (Å²) < 4.78 is 10.7. The van der Waals surface area contributed by atoms with Gasteiger partial charge in [-0.2, -0.15) is 0 Å². The number of hydrogen-bond donors (Lipinski definition) is 1. The zero-order valence-electron chi connectivity index (χ0n) is 11.8. The van der Waals surface area contributed by atoms with Crippen LogP contribution in [0.2, 0.25) is 0 Å². The molecule has 0 aromatic carbocycles. The van der Waals surface area contributed by atoms with Gasteiger partial charge in [0.15, 0.2) is 0 Å². The lowest BCUT2D eigenvalue weighted by atomic mass is 10.1. The van der Waals surface area contributed by atoms with E-state index in [9.17, 15) is 9.59 Å². The van der Waals surface area contributed by atoms with Crippen molar-refractivity contribution < 1.29 is 24.2 Å². The standard InChI is InChI=1S/C13H22N2O5/c1-14(10-2-5-19-6-3-10)13(18)15-4-7-20-11(9-15)8-12(16)17/h10-11H,2-9H2,1H3,(H,16,17). The lowest BCUT2D eigenvalue weighted by Crippen LogP contribution is -2.53. The first-order valence-electron chi connectivity index (χ1n) is 7.01. The van der Waals surface area contributed by atoms with Crippen LogP contribution in [-0.2, 0) is 14.3 Å². The maximum atomic E-state index is 12.4. The molecule has 2 rings (SSSR count). The van der Waals surface area contributed by atoms with E-state index in [4.69, 9.17) is 14.6 Å². The molecule has 2 saturated heterocycles. The second kappa shape index (κ2) is 6.90. The number of carboxylic acids is 1. The number of carbonyl (C=O) groups is 2. The molecule has 0 aromatic rings. The third kappa shape index (κ3) is 3.83. The van der Waals surface area contributed by atoms with Crippen LogP contribution >= 0.6 is 0 Å². The number of urea groups is 1. The van der Waals surface area contributed by atoms with Crippen LogP contribution in [0.5, 0.6) is 0 Å². The van der Waals surface area contributed by atoms with Gasteiger partial charge in [0.05, 0.1) is 19.1 Å². The summed E-state index contributed by atoms with van der Waals surface area (Å²) in [6, 6.07) is 0.160. The van der Waals surface area contributed by atoms with Crippen molar-refractivity contribution in [1.82, 2.24) is 9.80 Å². The van der Waals surface area contributed by atoms with E-state index >= 15 is 0 Å². The minimum absolute atomic E-state index is 0.0458. The van der Waals surface area contributed by atoms with Crippen LogP contribution in [0.3, 0.4) is 0 Å². The quantitative estimate of drug-likeness (QED) is 0.812. The SMILES string of the molecule is CN(C(=O)N1CCOC(CC(=O)O)C1)C1CCOCC1. The molecule has 7 nitrogen and oxygen atoms in total. The van der Waals surface area contributed by atoms with Gasteiger partial charge in [0, 0.05) is 39.4 Å². The van der Waals surface area contributed by atoms with Crippen LogP contribution in [0, 0.1) is 0 Å². The predicted octanol–water partition coefficient (Wildman–Crippen LogP) is 0.393. The Morgan fingerprint density at radius 2 is 2.00 bits per heavy atom. The summed E-state index contributed by atoms with van der Waals surface area (Å²) in [5.41, 5.74) is 0. The molecular formula is C13H22N2O5. The average molecular weight is 286 g/mol. The number of hydrogen-bond acceptors (Lipinski definition) is 4. The highest BCUT2D eigenvalue weighted by atomic mass is 16.5. The normalized spacial score (nSPS) is 24.4. The van der Waals surface area contributed by atoms with Crippen molar-refractivity contribution in [2.24, 2.45) is 0 Å². The summed E-state index contributed by atoms with van der Waals surface area (Å²) in [7, 11) is 1.81. The van der Waals surface area contributed by atoms with Gasteiger partial charge in [0.25, 0.3) is 0 Å². The van der Waals surface area contributed by atoms with Gasteiger partial charge < -0.3 is 24.4 Å². The minimum Gasteiger partial charge on any atom is -0.481 e. The molecule has 0 aliphatic carbocycles. The van der Waals surface area contributed by atoms with E-state index in [1.54, 1.807) is 16.8 Å². The monoisotopic (exact) mass is 286 g/mol. The van der Waals surface area contributed by atoms with E-state index in [0.717, 1.165) is 12.8 Å². The average Bonchev–Trinajstić information content (AvgIpc) is 2.46. The molecule has 1 atom stereocenters. The molecule has 2 aliphatic heterocycles. The van der Waals surface area contributed by atoms with Gasteiger partial charge >= 0.3 is 12.0 Å². The number of carbonyl (C=O) groups excluding carboxylic acids is 1. The molecule has 0 saturated carbocycles. The molecule has 1 unspecified atom stereocenters. The number of ether oxygens (including phenoxy) is 2. The molecule has 0 aromatic heterocycles. The van der Waals surface area contributed by atoms with E-state index in [-0.39, 0.29) is 18.5 Å². The van der Waals surface area contributed by atoms with Crippen molar-refractivity contribution in [3.63, 3.8) is 0 Å². The first-order chi connectivity index (χ1) is 9.58. The van der Waals surface area contributed by atoms with Crippen LogP contribution in [0.25, 0.3) is 0 Å². The minimum atomic E-state index is -0.901. The summed E-state index contributed by atoms with van der Waals surface area (Å²) in [6.07, 6.45) is 1.23. The Morgan fingerprint density at radius 1 is 1.30 bits per heavy atom. The molecule has 1 N–H and O–H groups in total. The fourth-order valence-corrected chi connectivity index (χ4v) is 2.66. The Kier molecular flexibility index (Phi) is 5.19. The maximum absolute atomic E-state index is 12.4. The van der Waals surface area contributed by atoms with E-state index in [0.29, 0.717) is 32.9 Å². The first kappa shape index (κ1) is 15.1. The number of nitrogens with zero attached hydrogens (tertiary/aromatic N) is 2. The zero-order chi connectivity index (χ0) is 14.5.